The molecular weight excluding hydrogens is 452 g/mol. The smallest absolute Gasteiger partial charge is 0.237 e. The van der Waals surface area contributed by atoms with Gasteiger partial charge in [0, 0.05) is 37.7 Å². The van der Waals surface area contributed by atoms with Gasteiger partial charge in [0.15, 0.2) is 0 Å². The number of benzene rings is 1. The molecule has 0 spiro atoms. The number of amides is 1. The molecule has 7 nitrogen and oxygen atoms in total. The van der Waals surface area contributed by atoms with Crippen LogP contribution in [0.3, 0.4) is 0 Å². The summed E-state index contributed by atoms with van der Waals surface area (Å²) in [5.74, 6) is 1.47. The molecular formula is C26H36N2O5S. The van der Waals surface area contributed by atoms with Crippen molar-refractivity contribution in [3.63, 3.8) is 0 Å². The third-order valence-electron chi connectivity index (χ3n) is 6.01. The summed E-state index contributed by atoms with van der Waals surface area (Å²) in [6.07, 6.45) is 3.49. The molecule has 0 aliphatic carbocycles. The van der Waals surface area contributed by atoms with Crippen molar-refractivity contribution in [3.05, 3.63) is 58.8 Å². The summed E-state index contributed by atoms with van der Waals surface area (Å²) in [4.78, 5) is 18.7. The first-order chi connectivity index (χ1) is 16.5. The number of carbonyl (C=O) groups is 1. The fourth-order valence-corrected chi connectivity index (χ4v) is 5.11. The van der Waals surface area contributed by atoms with Crippen molar-refractivity contribution in [1.29, 1.82) is 0 Å². The summed E-state index contributed by atoms with van der Waals surface area (Å²) >= 11 is 1.73. The van der Waals surface area contributed by atoms with Crippen molar-refractivity contribution in [3.8, 4) is 11.5 Å². The van der Waals surface area contributed by atoms with Crippen molar-refractivity contribution in [1.82, 2.24) is 9.80 Å². The molecule has 3 rings (SSSR count). The normalized spacial score (nSPS) is 16.2. The van der Waals surface area contributed by atoms with Gasteiger partial charge < -0.3 is 24.2 Å². The van der Waals surface area contributed by atoms with Gasteiger partial charge >= 0.3 is 0 Å². The Balaban J connectivity index is 1.70. The SMILES string of the molecule is C=CCC[C@@H](O)CN(CCOC)CC(=O)N1CCc2sccc2[C@@H]1COc1cccc(OC)c1. The molecule has 1 amide bonds. The van der Waals surface area contributed by atoms with Crippen molar-refractivity contribution < 1.29 is 24.1 Å². The number of rotatable bonds is 14. The number of hydrogen-bond donors (Lipinski definition) is 1. The second-order valence-electron chi connectivity index (χ2n) is 8.39. The minimum atomic E-state index is -0.514. The molecule has 0 saturated carbocycles. The second kappa shape index (κ2) is 13.5. The van der Waals surface area contributed by atoms with Gasteiger partial charge in [0.1, 0.15) is 18.1 Å². The molecule has 2 heterocycles. The highest BCUT2D eigenvalue weighted by Gasteiger charge is 2.33. The van der Waals surface area contributed by atoms with E-state index in [2.05, 4.69) is 18.0 Å². The minimum absolute atomic E-state index is 0.0307. The van der Waals surface area contributed by atoms with Crippen molar-refractivity contribution in [2.45, 2.75) is 31.4 Å². The molecule has 0 unspecified atom stereocenters. The summed E-state index contributed by atoms with van der Waals surface area (Å²) in [7, 11) is 3.27. The standard InChI is InChI=1S/C26H36N2O5S/c1-4-5-7-20(29)17-27(13-14-31-2)18-26(30)28-12-10-25-23(11-15-34-25)24(28)19-33-22-9-6-8-21(16-22)32-3/h4,6,8-9,11,15-16,20,24,29H,1,5,7,10,12-14,17-19H2,2-3H3/t20-,24+/m1/s1. The number of allylic oxidation sites excluding steroid dienone is 1. The predicted molar refractivity (Wildman–Crippen MR) is 135 cm³/mol. The lowest BCUT2D eigenvalue weighted by Gasteiger charge is -2.37. The summed E-state index contributed by atoms with van der Waals surface area (Å²) in [6, 6.07) is 9.44. The number of nitrogens with zero attached hydrogens (tertiary/aromatic N) is 2. The highest BCUT2D eigenvalue weighted by Crippen LogP contribution is 2.34. The first kappa shape index (κ1) is 26.2. The zero-order valence-corrected chi connectivity index (χ0v) is 21.0. The fraction of sp³-hybridized carbons (Fsp3) is 0.500. The summed E-state index contributed by atoms with van der Waals surface area (Å²) in [6.45, 7) is 6.46. The van der Waals surface area contributed by atoms with Gasteiger partial charge in [0.25, 0.3) is 0 Å². The fourth-order valence-electron chi connectivity index (χ4n) is 4.18. The van der Waals surface area contributed by atoms with Gasteiger partial charge in [0.2, 0.25) is 5.91 Å². The molecule has 1 aromatic heterocycles. The highest BCUT2D eigenvalue weighted by atomic mass is 32.1. The van der Waals surface area contributed by atoms with Crippen LogP contribution in [0.4, 0.5) is 0 Å². The lowest BCUT2D eigenvalue weighted by Crippen LogP contribution is -2.48. The Morgan fingerprint density at radius 1 is 1.35 bits per heavy atom. The molecule has 1 aliphatic heterocycles. The van der Waals surface area contributed by atoms with E-state index in [1.165, 1.54) is 4.88 Å². The van der Waals surface area contributed by atoms with E-state index in [4.69, 9.17) is 14.2 Å². The van der Waals surface area contributed by atoms with Crippen LogP contribution in [0.15, 0.2) is 48.4 Å². The maximum Gasteiger partial charge on any atom is 0.237 e. The van der Waals surface area contributed by atoms with Gasteiger partial charge in [-0.2, -0.15) is 0 Å². The topological polar surface area (TPSA) is 71.5 Å². The van der Waals surface area contributed by atoms with Crippen molar-refractivity contribution in [2.75, 3.05) is 53.6 Å². The average molecular weight is 489 g/mol. The first-order valence-electron chi connectivity index (χ1n) is 11.7. The number of ether oxygens (including phenoxy) is 3. The Kier molecular flexibility index (Phi) is 10.4. The molecule has 0 radical (unpaired) electrons. The number of aliphatic hydroxyl groups is 1. The van der Waals surface area contributed by atoms with Crippen LogP contribution >= 0.6 is 11.3 Å². The molecule has 186 valence electrons. The monoisotopic (exact) mass is 488 g/mol. The number of thiophene rings is 1. The number of fused-ring (bicyclic) bond motifs is 1. The van der Waals surface area contributed by atoms with Crippen LogP contribution in [0.25, 0.3) is 0 Å². The van der Waals surface area contributed by atoms with E-state index in [-0.39, 0.29) is 18.5 Å². The van der Waals surface area contributed by atoms with Gasteiger partial charge in [-0.1, -0.05) is 12.1 Å². The Bertz CT molecular complexity index is 918. The first-order valence-corrected chi connectivity index (χ1v) is 12.6. The molecule has 0 fully saturated rings. The Morgan fingerprint density at radius 2 is 2.18 bits per heavy atom. The minimum Gasteiger partial charge on any atom is -0.497 e. The van der Waals surface area contributed by atoms with Gasteiger partial charge in [0.05, 0.1) is 32.4 Å². The summed E-state index contributed by atoms with van der Waals surface area (Å²) in [5, 5.41) is 12.5. The third-order valence-corrected chi connectivity index (χ3v) is 7.00. The number of hydrogen-bond acceptors (Lipinski definition) is 7. The third kappa shape index (κ3) is 7.30. The summed E-state index contributed by atoms with van der Waals surface area (Å²) < 4.78 is 16.7. The largest absolute Gasteiger partial charge is 0.497 e. The van der Waals surface area contributed by atoms with Crippen LogP contribution < -0.4 is 9.47 Å². The average Bonchev–Trinajstić information content (AvgIpc) is 3.33. The molecule has 1 N–H and O–H groups in total. The van der Waals surface area contributed by atoms with Crippen LogP contribution in [0.1, 0.15) is 29.3 Å². The molecule has 8 heteroatoms. The molecule has 2 atom stereocenters. The molecule has 0 bridgehead atoms. The lowest BCUT2D eigenvalue weighted by molar-refractivity contribution is -0.136. The van der Waals surface area contributed by atoms with E-state index in [0.29, 0.717) is 45.0 Å². The Morgan fingerprint density at radius 3 is 2.94 bits per heavy atom. The molecule has 2 aromatic rings. The van der Waals surface area contributed by atoms with Crippen LogP contribution in [0.2, 0.25) is 0 Å². The zero-order valence-electron chi connectivity index (χ0n) is 20.2. The maximum atomic E-state index is 13.5. The number of carbonyl (C=O) groups excluding carboxylic acids is 1. The molecule has 34 heavy (non-hydrogen) atoms. The Hall–Kier alpha value is -2.39. The highest BCUT2D eigenvalue weighted by molar-refractivity contribution is 7.10. The van der Waals surface area contributed by atoms with E-state index < -0.39 is 6.10 Å². The van der Waals surface area contributed by atoms with Gasteiger partial charge in [-0.3, -0.25) is 9.69 Å². The van der Waals surface area contributed by atoms with E-state index in [9.17, 15) is 9.90 Å². The van der Waals surface area contributed by atoms with E-state index in [1.807, 2.05) is 34.1 Å². The van der Waals surface area contributed by atoms with E-state index in [1.54, 1.807) is 31.6 Å². The lowest BCUT2D eigenvalue weighted by atomic mass is 10.0. The van der Waals surface area contributed by atoms with Gasteiger partial charge in [-0.15, -0.1) is 17.9 Å². The number of methoxy groups -OCH3 is 2. The van der Waals surface area contributed by atoms with Crippen molar-refractivity contribution in [2.24, 2.45) is 0 Å². The Labute approximate surface area is 206 Å². The van der Waals surface area contributed by atoms with Crippen LogP contribution in [0.5, 0.6) is 11.5 Å². The predicted octanol–water partition coefficient (Wildman–Crippen LogP) is 3.54. The van der Waals surface area contributed by atoms with E-state index in [0.717, 1.165) is 24.2 Å². The molecule has 1 aromatic carbocycles. The van der Waals surface area contributed by atoms with Gasteiger partial charge in [-0.05, 0) is 48.4 Å². The van der Waals surface area contributed by atoms with Crippen LogP contribution in [-0.4, -0.2) is 80.5 Å². The van der Waals surface area contributed by atoms with Crippen molar-refractivity contribution >= 4 is 17.2 Å². The van der Waals surface area contributed by atoms with Crippen LogP contribution in [-0.2, 0) is 16.0 Å². The van der Waals surface area contributed by atoms with Crippen LogP contribution in [0, 0.1) is 0 Å². The van der Waals surface area contributed by atoms with E-state index >= 15 is 0 Å². The maximum absolute atomic E-state index is 13.5. The summed E-state index contributed by atoms with van der Waals surface area (Å²) in [5.41, 5.74) is 1.15. The number of aliphatic hydroxyl groups excluding tert-OH is 1. The molecule has 0 saturated heterocycles. The molecule has 1 aliphatic rings. The zero-order chi connectivity index (χ0) is 24.3. The second-order valence-corrected chi connectivity index (χ2v) is 9.39. The van der Waals surface area contributed by atoms with Gasteiger partial charge in [-0.25, -0.2) is 0 Å². The quantitative estimate of drug-likeness (QED) is 0.410.